The summed E-state index contributed by atoms with van der Waals surface area (Å²) in [5.74, 6) is -0.440. The Labute approximate surface area is 272 Å². The molecule has 0 aromatic heterocycles. The van der Waals surface area contributed by atoms with Crippen LogP contribution in [0.3, 0.4) is 0 Å². The molecule has 0 saturated heterocycles. The van der Waals surface area contributed by atoms with Gasteiger partial charge in [-0.1, -0.05) is 84.9 Å². The topological polar surface area (TPSA) is 96.5 Å². The van der Waals surface area contributed by atoms with E-state index in [1.165, 1.54) is 11.8 Å². The molecule has 0 spiro atoms. The van der Waals surface area contributed by atoms with Crippen LogP contribution in [0.2, 0.25) is 0 Å². The minimum absolute atomic E-state index is 0.0982. The van der Waals surface area contributed by atoms with E-state index in [2.05, 4.69) is 16.0 Å². The molecule has 0 fully saturated rings. The standard InChI is InChI=1S/C38H33N3O4S/c1-26-13-9-10-18-29(26)23-34(41-36(42)28-16-7-4-8-17-28)37(43)39-31-20-12-22-33(25-31)46-35(27-14-5-3-6-15-27)38(44)40-30-19-11-21-32(24-30)45-2/h3-25,35H,1-2H3,(H,39,43)(H,40,44)(H,41,42)/b34-23-. The molecule has 0 aliphatic heterocycles. The molecule has 230 valence electrons. The van der Waals surface area contributed by atoms with E-state index in [9.17, 15) is 14.4 Å². The largest absolute Gasteiger partial charge is 0.497 e. The number of benzene rings is 5. The number of amides is 3. The van der Waals surface area contributed by atoms with Crippen LogP contribution in [0.15, 0.2) is 144 Å². The number of anilines is 2. The van der Waals surface area contributed by atoms with Gasteiger partial charge in [0.05, 0.1) is 7.11 Å². The van der Waals surface area contributed by atoms with E-state index in [4.69, 9.17) is 4.74 Å². The van der Waals surface area contributed by atoms with E-state index >= 15 is 0 Å². The number of aryl methyl sites for hydroxylation is 1. The van der Waals surface area contributed by atoms with Crippen molar-refractivity contribution in [3.05, 3.63) is 161 Å². The fourth-order valence-electron chi connectivity index (χ4n) is 4.64. The van der Waals surface area contributed by atoms with Crippen LogP contribution >= 0.6 is 11.8 Å². The van der Waals surface area contributed by atoms with Crippen molar-refractivity contribution < 1.29 is 19.1 Å². The zero-order valence-corrected chi connectivity index (χ0v) is 26.2. The van der Waals surface area contributed by atoms with Crippen molar-refractivity contribution >= 4 is 46.9 Å². The highest BCUT2D eigenvalue weighted by Gasteiger charge is 2.23. The lowest BCUT2D eigenvalue weighted by Crippen LogP contribution is -2.30. The molecule has 5 rings (SSSR count). The Morgan fingerprint density at radius 1 is 0.717 bits per heavy atom. The van der Waals surface area contributed by atoms with Gasteiger partial charge >= 0.3 is 0 Å². The average molecular weight is 628 g/mol. The van der Waals surface area contributed by atoms with Gasteiger partial charge in [-0.05, 0) is 72.2 Å². The summed E-state index contributed by atoms with van der Waals surface area (Å²) in [5, 5.41) is 8.13. The Morgan fingerprint density at radius 3 is 2.09 bits per heavy atom. The number of nitrogens with one attached hydrogen (secondary N) is 3. The van der Waals surface area contributed by atoms with Crippen molar-refractivity contribution in [2.75, 3.05) is 17.7 Å². The van der Waals surface area contributed by atoms with E-state index in [0.29, 0.717) is 22.7 Å². The third kappa shape index (κ3) is 8.52. The Kier molecular flexibility index (Phi) is 10.7. The van der Waals surface area contributed by atoms with Crippen LogP contribution in [0.4, 0.5) is 11.4 Å². The van der Waals surface area contributed by atoms with Gasteiger partial charge in [-0.15, -0.1) is 11.8 Å². The maximum atomic E-state index is 13.6. The summed E-state index contributed by atoms with van der Waals surface area (Å²) in [7, 11) is 1.58. The monoisotopic (exact) mass is 627 g/mol. The molecule has 7 nitrogen and oxygen atoms in total. The summed E-state index contributed by atoms with van der Waals surface area (Å²) in [4.78, 5) is 41.1. The van der Waals surface area contributed by atoms with Crippen molar-refractivity contribution in [1.82, 2.24) is 5.32 Å². The van der Waals surface area contributed by atoms with Crippen LogP contribution in [-0.2, 0) is 9.59 Å². The molecule has 3 amide bonds. The Balaban J connectivity index is 1.38. The lowest BCUT2D eigenvalue weighted by molar-refractivity contribution is -0.116. The summed E-state index contributed by atoms with van der Waals surface area (Å²) in [6, 6.07) is 40.3. The normalized spacial score (nSPS) is 11.7. The third-order valence-electron chi connectivity index (χ3n) is 7.04. The van der Waals surface area contributed by atoms with Gasteiger partial charge in [-0.3, -0.25) is 14.4 Å². The average Bonchev–Trinajstić information content (AvgIpc) is 3.08. The second kappa shape index (κ2) is 15.4. The van der Waals surface area contributed by atoms with Crippen molar-refractivity contribution in [3.63, 3.8) is 0 Å². The maximum Gasteiger partial charge on any atom is 0.272 e. The van der Waals surface area contributed by atoms with Gasteiger partial charge < -0.3 is 20.7 Å². The molecule has 0 radical (unpaired) electrons. The third-order valence-corrected chi connectivity index (χ3v) is 8.29. The lowest BCUT2D eigenvalue weighted by atomic mass is 10.1. The minimum atomic E-state index is -0.583. The zero-order valence-electron chi connectivity index (χ0n) is 25.4. The summed E-state index contributed by atoms with van der Waals surface area (Å²) in [5.41, 5.74) is 4.26. The Hall–Kier alpha value is -5.60. The molecule has 0 aliphatic rings. The quantitative estimate of drug-likeness (QED) is 0.102. The molecule has 5 aromatic rings. The molecule has 0 aliphatic carbocycles. The van der Waals surface area contributed by atoms with Gasteiger partial charge in [-0.25, -0.2) is 0 Å². The maximum absolute atomic E-state index is 13.6. The fraction of sp³-hybridized carbons (Fsp3) is 0.0789. The van der Waals surface area contributed by atoms with Crippen molar-refractivity contribution in [3.8, 4) is 5.75 Å². The number of hydrogen-bond donors (Lipinski definition) is 3. The smallest absolute Gasteiger partial charge is 0.272 e. The number of methoxy groups -OCH3 is 1. The second-order valence-electron chi connectivity index (χ2n) is 10.3. The van der Waals surface area contributed by atoms with Crippen LogP contribution in [0.1, 0.15) is 32.3 Å². The van der Waals surface area contributed by atoms with Crippen LogP contribution < -0.4 is 20.7 Å². The first-order valence-corrected chi connectivity index (χ1v) is 15.5. The van der Waals surface area contributed by atoms with Gasteiger partial charge in [0.15, 0.2) is 0 Å². The summed E-state index contributed by atoms with van der Waals surface area (Å²) >= 11 is 1.36. The molecular weight excluding hydrogens is 595 g/mol. The number of ether oxygens (including phenoxy) is 1. The molecule has 1 unspecified atom stereocenters. The van der Waals surface area contributed by atoms with Crippen molar-refractivity contribution in [2.24, 2.45) is 0 Å². The molecular formula is C38H33N3O4S. The number of thioether (sulfide) groups is 1. The van der Waals surface area contributed by atoms with Gasteiger partial charge in [0.25, 0.3) is 11.8 Å². The van der Waals surface area contributed by atoms with E-state index in [1.807, 2.05) is 104 Å². The summed E-state index contributed by atoms with van der Waals surface area (Å²) in [6.45, 7) is 1.94. The van der Waals surface area contributed by atoms with E-state index in [0.717, 1.165) is 21.6 Å². The molecule has 0 saturated carbocycles. The van der Waals surface area contributed by atoms with Crippen LogP contribution in [0, 0.1) is 6.92 Å². The minimum Gasteiger partial charge on any atom is -0.497 e. The summed E-state index contributed by atoms with van der Waals surface area (Å²) in [6.07, 6.45) is 1.67. The van der Waals surface area contributed by atoms with Crippen LogP contribution in [0.5, 0.6) is 5.75 Å². The highest BCUT2D eigenvalue weighted by atomic mass is 32.2. The molecule has 0 bridgehead atoms. The predicted molar refractivity (Wildman–Crippen MR) is 185 cm³/mol. The molecule has 46 heavy (non-hydrogen) atoms. The van der Waals surface area contributed by atoms with Gasteiger partial charge in [0.1, 0.15) is 16.7 Å². The molecule has 1 atom stereocenters. The molecule has 5 aromatic carbocycles. The first-order chi connectivity index (χ1) is 22.4. The second-order valence-corrected chi connectivity index (χ2v) is 11.5. The first kappa shape index (κ1) is 31.8. The fourth-order valence-corrected chi connectivity index (χ4v) is 5.72. The van der Waals surface area contributed by atoms with Crippen LogP contribution in [0.25, 0.3) is 6.08 Å². The Morgan fingerprint density at radius 2 is 1.37 bits per heavy atom. The SMILES string of the molecule is COc1cccc(NC(=O)C(Sc2cccc(NC(=O)/C(=C/c3ccccc3C)NC(=O)c3ccccc3)c2)c2ccccc2)c1. The van der Waals surface area contributed by atoms with E-state index in [1.54, 1.807) is 49.6 Å². The van der Waals surface area contributed by atoms with E-state index < -0.39 is 17.1 Å². The van der Waals surface area contributed by atoms with E-state index in [-0.39, 0.29) is 11.6 Å². The van der Waals surface area contributed by atoms with Crippen molar-refractivity contribution in [2.45, 2.75) is 17.1 Å². The highest BCUT2D eigenvalue weighted by molar-refractivity contribution is 8.00. The summed E-state index contributed by atoms with van der Waals surface area (Å²) < 4.78 is 5.30. The molecule has 3 N–H and O–H groups in total. The van der Waals surface area contributed by atoms with Gasteiger partial charge in [0.2, 0.25) is 5.91 Å². The number of hydrogen-bond acceptors (Lipinski definition) is 5. The predicted octanol–water partition coefficient (Wildman–Crippen LogP) is 7.89. The number of carbonyl (C=O) groups excluding carboxylic acids is 3. The first-order valence-electron chi connectivity index (χ1n) is 14.6. The highest BCUT2D eigenvalue weighted by Crippen LogP contribution is 2.37. The number of rotatable bonds is 11. The molecule has 8 heteroatoms. The van der Waals surface area contributed by atoms with Crippen LogP contribution in [-0.4, -0.2) is 24.8 Å². The van der Waals surface area contributed by atoms with Gasteiger partial charge in [-0.2, -0.15) is 0 Å². The van der Waals surface area contributed by atoms with Gasteiger partial charge in [0, 0.05) is 27.9 Å². The lowest BCUT2D eigenvalue weighted by Gasteiger charge is -2.18. The number of carbonyl (C=O) groups is 3. The zero-order chi connectivity index (χ0) is 32.3. The molecule has 0 heterocycles. The Bertz CT molecular complexity index is 1860. The van der Waals surface area contributed by atoms with Crippen molar-refractivity contribution in [1.29, 1.82) is 0 Å².